The van der Waals surface area contributed by atoms with E-state index in [1.54, 1.807) is 0 Å². The lowest BCUT2D eigenvalue weighted by Gasteiger charge is -2.14. The lowest BCUT2D eigenvalue weighted by atomic mass is 10.1. The van der Waals surface area contributed by atoms with E-state index in [1.807, 2.05) is 31.2 Å². The molecule has 0 bridgehead atoms. The highest BCUT2D eigenvalue weighted by Crippen LogP contribution is 2.18. The predicted molar refractivity (Wildman–Crippen MR) is 88.8 cm³/mol. The fraction of sp³-hybridized carbons (Fsp3) is 0.333. The van der Waals surface area contributed by atoms with Gasteiger partial charge in [0.2, 0.25) is 5.91 Å². The molecular weight excluding hydrogens is 364 g/mol. The SMILES string of the molecule is CC(NC(=O)CCCn1cc([N+](=O)[O-])cn1)c1cccc(Br)c1. The molecule has 0 aliphatic rings. The van der Waals surface area contributed by atoms with Crippen molar-refractivity contribution in [1.29, 1.82) is 0 Å². The van der Waals surface area contributed by atoms with Gasteiger partial charge in [0.05, 0.1) is 11.0 Å². The number of rotatable bonds is 7. The molecule has 0 radical (unpaired) electrons. The third-order valence-electron chi connectivity index (χ3n) is 3.35. The molecule has 8 heteroatoms. The van der Waals surface area contributed by atoms with Crippen LogP contribution in [0, 0.1) is 10.1 Å². The van der Waals surface area contributed by atoms with Crippen molar-refractivity contribution >= 4 is 27.5 Å². The Morgan fingerprint density at radius 3 is 2.96 bits per heavy atom. The van der Waals surface area contributed by atoms with Gasteiger partial charge in [-0.1, -0.05) is 28.1 Å². The highest BCUT2D eigenvalue weighted by atomic mass is 79.9. The maximum atomic E-state index is 12.0. The van der Waals surface area contributed by atoms with Crippen LogP contribution in [0.25, 0.3) is 0 Å². The minimum Gasteiger partial charge on any atom is -0.350 e. The first-order chi connectivity index (χ1) is 11.0. The summed E-state index contributed by atoms with van der Waals surface area (Å²) in [5, 5.41) is 17.4. The minimum absolute atomic E-state index is 0.0438. The molecule has 1 N–H and O–H groups in total. The fourth-order valence-electron chi connectivity index (χ4n) is 2.14. The zero-order valence-electron chi connectivity index (χ0n) is 12.6. The van der Waals surface area contributed by atoms with Crippen molar-refractivity contribution in [2.24, 2.45) is 0 Å². The van der Waals surface area contributed by atoms with Gasteiger partial charge in [-0.05, 0) is 31.0 Å². The van der Waals surface area contributed by atoms with Gasteiger partial charge in [-0.2, -0.15) is 5.10 Å². The fourth-order valence-corrected chi connectivity index (χ4v) is 2.56. The van der Waals surface area contributed by atoms with Crippen molar-refractivity contribution in [2.75, 3.05) is 0 Å². The molecule has 7 nitrogen and oxygen atoms in total. The van der Waals surface area contributed by atoms with E-state index in [2.05, 4.69) is 26.3 Å². The van der Waals surface area contributed by atoms with Gasteiger partial charge in [0.1, 0.15) is 12.4 Å². The maximum absolute atomic E-state index is 12.0. The molecule has 0 aliphatic heterocycles. The minimum atomic E-state index is -0.490. The molecule has 23 heavy (non-hydrogen) atoms. The molecule has 0 saturated heterocycles. The molecule has 0 saturated carbocycles. The summed E-state index contributed by atoms with van der Waals surface area (Å²) in [6.45, 7) is 2.39. The Labute approximate surface area is 142 Å². The highest BCUT2D eigenvalue weighted by molar-refractivity contribution is 9.10. The van der Waals surface area contributed by atoms with Crippen LogP contribution in [-0.2, 0) is 11.3 Å². The van der Waals surface area contributed by atoms with Crippen LogP contribution in [0.5, 0.6) is 0 Å². The van der Waals surface area contributed by atoms with Gasteiger partial charge in [-0.15, -0.1) is 0 Å². The largest absolute Gasteiger partial charge is 0.350 e. The molecule has 2 rings (SSSR count). The Morgan fingerprint density at radius 2 is 2.30 bits per heavy atom. The second-order valence-electron chi connectivity index (χ2n) is 5.17. The normalized spacial score (nSPS) is 11.9. The lowest BCUT2D eigenvalue weighted by Crippen LogP contribution is -2.26. The quantitative estimate of drug-likeness (QED) is 0.589. The van der Waals surface area contributed by atoms with Gasteiger partial charge in [-0.25, -0.2) is 0 Å². The van der Waals surface area contributed by atoms with Crippen molar-refractivity contribution in [3.05, 3.63) is 56.8 Å². The summed E-state index contributed by atoms with van der Waals surface area (Å²) < 4.78 is 2.44. The highest BCUT2D eigenvalue weighted by Gasteiger charge is 2.11. The average molecular weight is 381 g/mol. The first kappa shape index (κ1) is 17.1. The summed E-state index contributed by atoms with van der Waals surface area (Å²) in [5.74, 6) is -0.0564. The van der Waals surface area contributed by atoms with Gasteiger partial charge in [0.25, 0.3) is 0 Å². The summed E-state index contributed by atoms with van der Waals surface area (Å²) in [4.78, 5) is 22.0. The van der Waals surface area contributed by atoms with Crippen molar-refractivity contribution in [1.82, 2.24) is 15.1 Å². The first-order valence-electron chi connectivity index (χ1n) is 7.17. The van der Waals surface area contributed by atoms with E-state index in [0.29, 0.717) is 19.4 Å². The standard InChI is InChI=1S/C15H17BrN4O3/c1-11(12-4-2-5-13(16)8-12)18-15(21)6-3-7-19-10-14(9-17-19)20(22)23/h2,4-5,8-11H,3,6-7H2,1H3,(H,18,21). The Kier molecular flexibility index (Phi) is 5.86. The van der Waals surface area contributed by atoms with E-state index in [-0.39, 0.29) is 17.6 Å². The van der Waals surface area contributed by atoms with Gasteiger partial charge >= 0.3 is 5.69 Å². The molecule has 1 aromatic heterocycles. The number of halogens is 1. The number of carbonyl (C=O) groups is 1. The van der Waals surface area contributed by atoms with E-state index < -0.39 is 4.92 Å². The predicted octanol–water partition coefficient (Wildman–Crippen LogP) is 3.21. The number of aromatic nitrogens is 2. The molecule has 1 amide bonds. The van der Waals surface area contributed by atoms with E-state index in [9.17, 15) is 14.9 Å². The van der Waals surface area contributed by atoms with Crippen molar-refractivity contribution in [2.45, 2.75) is 32.4 Å². The van der Waals surface area contributed by atoms with Gasteiger partial charge in [-0.3, -0.25) is 19.6 Å². The van der Waals surface area contributed by atoms with Crippen molar-refractivity contribution < 1.29 is 9.72 Å². The topological polar surface area (TPSA) is 90.1 Å². The Balaban J connectivity index is 1.77. The van der Waals surface area contributed by atoms with E-state index >= 15 is 0 Å². The average Bonchev–Trinajstić information content (AvgIpc) is 2.96. The monoisotopic (exact) mass is 380 g/mol. The van der Waals surface area contributed by atoms with Crippen molar-refractivity contribution in [3.8, 4) is 0 Å². The number of hydrogen-bond acceptors (Lipinski definition) is 4. The zero-order valence-corrected chi connectivity index (χ0v) is 14.2. The molecule has 1 aromatic carbocycles. The molecule has 1 unspecified atom stereocenters. The van der Waals surface area contributed by atoms with Gasteiger partial charge in [0.15, 0.2) is 0 Å². The molecule has 0 fully saturated rings. The number of hydrogen-bond donors (Lipinski definition) is 1. The van der Waals surface area contributed by atoms with Crippen LogP contribution in [0.1, 0.15) is 31.4 Å². The molecule has 2 aromatic rings. The van der Waals surface area contributed by atoms with Crippen LogP contribution in [0.4, 0.5) is 5.69 Å². The van der Waals surface area contributed by atoms with Gasteiger partial charge in [0, 0.05) is 17.4 Å². The Morgan fingerprint density at radius 1 is 1.52 bits per heavy atom. The van der Waals surface area contributed by atoms with Crippen LogP contribution in [0.15, 0.2) is 41.1 Å². The zero-order chi connectivity index (χ0) is 16.8. The van der Waals surface area contributed by atoms with Crippen molar-refractivity contribution in [3.63, 3.8) is 0 Å². The van der Waals surface area contributed by atoms with Crippen LogP contribution < -0.4 is 5.32 Å². The third kappa shape index (κ3) is 5.17. The number of nitro groups is 1. The Bertz CT molecular complexity index is 702. The number of carbonyl (C=O) groups excluding carboxylic acids is 1. The number of benzene rings is 1. The smallest absolute Gasteiger partial charge is 0.306 e. The van der Waals surface area contributed by atoms with Crippen LogP contribution in [0.2, 0.25) is 0 Å². The summed E-state index contributed by atoms with van der Waals surface area (Å²) in [6, 6.07) is 7.70. The lowest BCUT2D eigenvalue weighted by molar-refractivity contribution is -0.385. The third-order valence-corrected chi connectivity index (χ3v) is 3.84. The van der Waals surface area contributed by atoms with Gasteiger partial charge < -0.3 is 5.32 Å². The van der Waals surface area contributed by atoms with Crippen LogP contribution in [0.3, 0.4) is 0 Å². The van der Waals surface area contributed by atoms with Crippen LogP contribution in [-0.4, -0.2) is 20.6 Å². The summed E-state index contributed by atoms with van der Waals surface area (Å²) in [6.07, 6.45) is 3.47. The summed E-state index contributed by atoms with van der Waals surface area (Å²) >= 11 is 3.41. The summed E-state index contributed by atoms with van der Waals surface area (Å²) in [7, 11) is 0. The molecule has 0 spiro atoms. The van der Waals surface area contributed by atoms with E-state index in [1.165, 1.54) is 17.1 Å². The first-order valence-corrected chi connectivity index (χ1v) is 7.96. The molecule has 0 aliphatic carbocycles. The Hall–Kier alpha value is -2.22. The maximum Gasteiger partial charge on any atom is 0.306 e. The number of aryl methyl sites for hydroxylation is 1. The molecule has 122 valence electrons. The number of nitrogens with one attached hydrogen (secondary N) is 1. The summed E-state index contributed by atoms with van der Waals surface area (Å²) in [5.41, 5.74) is 0.980. The van der Waals surface area contributed by atoms with Crippen LogP contribution >= 0.6 is 15.9 Å². The second kappa shape index (κ2) is 7.87. The number of amides is 1. The number of nitrogens with zero attached hydrogens (tertiary/aromatic N) is 3. The van der Waals surface area contributed by atoms with E-state index in [0.717, 1.165) is 10.0 Å². The molecule has 1 heterocycles. The second-order valence-corrected chi connectivity index (χ2v) is 6.08. The molecular formula is C15H17BrN4O3. The molecule has 1 atom stereocenters. The van der Waals surface area contributed by atoms with E-state index in [4.69, 9.17) is 0 Å².